The van der Waals surface area contributed by atoms with Crippen molar-refractivity contribution >= 4 is 10.9 Å². The molecule has 0 saturated carbocycles. The molecule has 0 fully saturated rings. The van der Waals surface area contributed by atoms with Crippen LogP contribution in [0.25, 0.3) is 10.9 Å². The fourth-order valence-corrected chi connectivity index (χ4v) is 2.41. The second-order valence-electron chi connectivity index (χ2n) is 4.70. The SMILES string of the molecule is C=CCCCCCn1ccc2c(CN)cccc21. The van der Waals surface area contributed by atoms with Crippen molar-refractivity contribution in [1.29, 1.82) is 0 Å². The van der Waals surface area contributed by atoms with Crippen molar-refractivity contribution in [2.75, 3.05) is 0 Å². The Kier molecular flexibility index (Phi) is 4.59. The zero-order chi connectivity index (χ0) is 12.8. The van der Waals surface area contributed by atoms with Crippen LogP contribution in [-0.2, 0) is 13.1 Å². The van der Waals surface area contributed by atoms with Gasteiger partial charge in [0.1, 0.15) is 0 Å². The zero-order valence-electron chi connectivity index (χ0n) is 10.9. The first-order valence-corrected chi connectivity index (χ1v) is 6.74. The predicted octanol–water partition coefficient (Wildman–Crippen LogP) is 3.85. The zero-order valence-corrected chi connectivity index (χ0v) is 10.9. The van der Waals surface area contributed by atoms with Crippen LogP contribution in [0.5, 0.6) is 0 Å². The molecule has 2 aromatic rings. The summed E-state index contributed by atoms with van der Waals surface area (Å²) in [5, 5.41) is 1.30. The number of unbranched alkanes of at least 4 members (excludes halogenated alkanes) is 3. The van der Waals surface area contributed by atoms with Gasteiger partial charge in [0.2, 0.25) is 0 Å². The van der Waals surface area contributed by atoms with Gasteiger partial charge in [-0.05, 0) is 37.0 Å². The van der Waals surface area contributed by atoms with Crippen molar-refractivity contribution in [3.8, 4) is 0 Å². The summed E-state index contributed by atoms with van der Waals surface area (Å²) in [5.41, 5.74) is 8.30. The summed E-state index contributed by atoms with van der Waals surface area (Å²) in [6, 6.07) is 8.56. The Morgan fingerprint density at radius 3 is 2.83 bits per heavy atom. The number of fused-ring (bicyclic) bond motifs is 1. The van der Waals surface area contributed by atoms with E-state index in [1.54, 1.807) is 0 Å². The molecule has 0 amide bonds. The average Bonchev–Trinajstić information content (AvgIpc) is 2.82. The van der Waals surface area contributed by atoms with Crippen LogP contribution < -0.4 is 5.73 Å². The number of rotatable bonds is 7. The summed E-state index contributed by atoms with van der Waals surface area (Å²) in [4.78, 5) is 0. The molecule has 0 aliphatic heterocycles. The van der Waals surface area contributed by atoms with E-state index in [0.717, 1.165) is 13.0 Å². The Bertz CT molecular complexity index is 511. The molecule has 0 aliphatic rings. The number of nitrogens with zero attached hydrogens (tertiary/aromatic N) is 1. The van der Waals surface area contributed by atoms with Gasteiger partial charge in [-0.15, -0.1) is 6.58 Å². The Balaban J connectivity index is 2.03. The lowest BCUT2D eigenvalue weighted by Crippen LogP contribution is -1.98. The Morgan fingerprint density at radius 2 is 2.06 bits per heavy atom. The van der Waals surface area contributed by atoms with Crippen molar-refractivity contribution in [2.45, 2.75) is 38.8 Å². The summed E-state index contributed by atoms with van der Waals surface area (Å²) >= 11 is 0. The van der Waals surface area contributed by atoms with Gasteiger partial charge in [0, 0.05) is 30.2 Å². The van der Waals surface area contributed by atoms with E-state index in [2.05, 4.69) is 41.6 Å². The molecule has 0 atom stereocenters. The van der Waals surface area contributed by atoms with E-state index >= 15 is 0 Å². The van der Waals surface area contributed by atoms with Crippen LogP contribution >= 0.6 is 0 Å². The summed E-state index contributed by atoms with van der Waals surface area (Å²) < 4.78 is 2.34. The molecular formula is C16H22N2. The fraction of sp³-hybridized carbons (Fsp3) is 0.375. The Morgan fingerprint density at radius 1 is 1.17 bits per heavy atom. The van der Waals surface area contributed by atoms with Gasteiger partial charge in [0.25, 0.3) is 0 Å². The maximum atomic E-state index is 5.76. The van der Waals surface area contributed by atoms with Crippen molar-refractivity contribution in [1.82, 2.24) is 4.57 Å². The third-order valence-electron chi connectivity index (χ3n) is 3.43. The maximum absolute atomic E-state index is 5.76. The van der Waals surface area contributed by atoms with Crippen molar-refractivity contribution in [3.63, 3.8) is 0 Å². The smallest absolute Gasteiger partial charge is 0.0483 e. The highest BCUT2D eigenvalue weighted by atomic mass is 14.9. The number of hydrogen-bond donors (Lipinski definition) is 1. The van der Waals surface area contributed by atoms with Crippen molar-refractivity contribution in [3.05, 3.63) is 48.7 Å². The van der Waals surface area contributed by atoms with Crippen LogP contribution in [-0.4, -0.2) is 4.57 Å². The topological polar surface area (TPSA) is 30.9 Å². The molecule has 0 spiro atoms. The van der Waals surface area contributed by atoms with Crippen LogP contribution in [0.2, 0.25) is 0 Å². The molecule has 2 heteroatoms. The minimum absolute atomic E-state index is 0.612. The molecule has 0 bridgehead atoms. The van der Waals surface area contributed by atoms with E-state index in [9.17, 15) is 0 Å². The fourth-order valence-electron chi connectivity index (χ4n) is 2.41. The Hall–Kier alpha value is -1.54. The molecular weight excluding hydrogens is 220 g/mol. The summed E-state index contributed by atoms with van der Waals surface area (Å²) in [6.45, 7) is 5.45. The van der Waals surface area contributed by atoms with E-state index in [1.807, 2.05) is 6.08 Å². The molecule has 0 radical (unpaired) electrons. The van der Waals surface area contributed by atoms with Gasteiger partial charge >= 0.3 is 0 Å². The quantitative estimate of drug-likeness (QED) is 0.580. The first-order valence-electron chi connectivity index (χ1n) is 6.74. The third kappa shape index (κ3) is 2.82. The minimum Gasteiger partial charge on any atom is -0.347 e. The number of aromatic nitrogens is 1. The first-order chi connectivity index (χ1) is 8.86. The van der Waals surface area contributed by atoms with E-state index < -0.39 is 0 Å². The first kappa shape index (κ1) is 12.9. The molecule has 1 heterocycles. The molecule has 96 valence electrons. The lowest BCUT2D eigenvalue weighted by Gasteiger charge is -2.06. The highest BCUT2D eigenvalue weighted by molar-refractivity contribution is 5.83. The second-order valence-corrected chi connectivity index (χ2v) is 4.70. The number of hydrogen-bond acceptors (Lipinski definition) is 1. The molecule has 0 aliphatic carbocycles. The molecule has 0 unspecified atom stereocenters. The largest absolute Gasteiger partial charge is 0.347 e. The van der Waals surface area contributed by atoms with Crippen molar-refractivity contribution in [2.24, 2.45) is 5.73 Å². The number of nitrogens with two attached hydrogens (primary N) is 1. The molecule has 1 aromatic heterocycles. The number of aryl methyl sites for hydroxylation is 1. The molecule has 2 rings (SSSR count). The van der Waals surface area contributed by atoms with Crippen LogP contribution in [0.4, 0.5) is 0 Å². The third-order valence-corrected chi connectivity index (χ3v) is 3.43. The summed E-state index contributed by atoms with van der Waals surface area (Å²) in [6.07, 6.45) is 9.04. The predicted molar refractivity (Wildman–Crippen MR) is 78.5 cm³/mol. The standard InChI is InChI=1S/C16H22N2/c1-2-3-4-5-6-11-18-12-10-15-14(13-17)8-7-9-16(15)18/h2,7-10,12H,1,3-6,11,13,17H2. The molecule has 2 nitrogen and oxygen atoms in total. The van der Waals surface area contributed by atoms with E-state index in [4.69, 9.17) is 5.73 Å². The van der Waals surface area contributed by atoms with E-state index in [0.29, 0.717) is 6.54 Å². The number of allylic oxidation sites excluding steroid dienone is 1. The van der Waals surface area contributed by atoms with Gasteiger partial charge in [-0.2, -0.15) is 0 Å². The highest BCUT2D eigenvalue weighted by Gasteiger charge is 2.03. The average molecular weight is 242 g/mol. The monoisotopic (exact) mass is 242 g/mol. The lowest BCUT2D eigenvalue weighted by molar-refractivity contribution is 0.603. The van der Waals surface area contributed by atoms with E-state index in [1.165, 1.54) is 35.7 Å². The molecule has 18 heavy (non-hydrogen) atoms. The van der Waals surface area contributed by atoms with Crippen LogP contribution in [0.3, 0.4) is 0 Å². The van der Waals surface area contributed by atoms with Gasteiger partial charge in [-0.25, -0.2) is 0 Å². The molecule has 1 aromatic carbocycles. The van der Waals surface area contributed by atoms with Crippen LogP contribution in [0.1, 0.15) is 31.2 Å². The van der Waals surface area contributed by atoms with Gasteiger partial charge < -0.3 is 10.3 Å². The van der Waals surface area contributed by atoms with Gasteiger partial charge in [-0.1, -0.05) is 24.6 Å². The van der Waals surface area contributed by atoms with Gasteiger partial charge in [0.05, 0.1) is 0 Å². The minimum atomic E-state index is 0.612. The van der Waals surface area contributed by atoms with Crippen LogP contribution in [0.15, 0.2) is 43.1 Å². The Labute approximate surface area is 109 Å². The highest BCUT2D eigenvalue weighted by Crippen LogP contribution is 2.20. The van der Waals surface area contributed by atoms with Gasteiger partial charge in [-0.3, -0.25) is 0 Å². The summed E-state index contributed by atoms with van der Waals surface area (Å²) in [5.74, 6) is 0. The molecule has 0 saturated heterocycles. The summed E-state index contributed by atoms with van der Waals surface area (Å²) in [7, 11) is 0. The normalized spacial score (nSPS) is 10.9. The second kappa shape index (κ2) is 6.41. The number of benzene rings is 1. The van der Waals surface area contributed by atoms with Crippen molar-refractivity contribution < 1.29 is 0 Å². The van der Waals surface area contributed by atoms with Gasteiger partial charge in [0.15, 0.2) is 0 Å². The lowest BCUT2D eigenvalue weighted by atomic mass is 10.1. The maximum Gasteiger partial charge on any atom is 0.0483 e. The van der Waals surface area contributed by atoms with Crippen LogP contribution in [0, 0.1) is 0 Å². The van der Waals surface area contributed by atoms with E-state index in [-0.39, 0.29) is 0 Å². The molecule has 2 N–H and O–H groups in total.